The summed E-state index contributed by atoms with van der Waals surface area (Å²) in [5.41, 5.74) is 0.848. The Labute approximate surface area is 120 Å². The van der Waals surface area contributed by atoms with Gasteiger partial charge < -0.3 is 0 Å². The molecule has 0 saturated heterocycles. The van der Waals surface area contributed by atoms with E-state index in [2.05, 4.69) is 26.0 Å². The number of halogens is 4. The fourth-order valence-electron chi connectivity index (χ4n) is 1.94. The van der Waals surface area contributed by atoms with Crippen LogP contribution < -0.4 is 0 Å². The van der Waals surface area contributed by atoms with Gasteiger partial charge in [0, 0.05) is 11.8 Å². The third-order valence-electron chi connectivity index (χ3n) is 2.84. The number of alkyl halides is 3. The number of fused-ring (bicyclic) bond motifs is 1. The minimum absolute atomic E-state index is 0.433. The first kappa shape index (κ1) is 13.1. The van der Waals surface area contributed by atoms with Crippen molar-refractivity contribution in [1.29, 1.82) is 0 Å². The molecule has 0 unspecified atom stereocenters. The molecule has 0 N–H and O–H groups in total. The molecule has 3 aromatic rings. The van der Waals surface area contributed by atoms with Crippen molar-refractivity contribution >= 4 is 21.6 Å². The van der Waals surface area contributed by atoms with Crippen molar-refractivity contribution < 1.29 is 13.2 Å². The molecule has 1 aromatic carbocycles. The molecule has 0 bridgehead atoms. The van der Waals surface area contributed by atoms with Gasteiger partial charge in [0.1, 0.15) is 0 Å². The van der Waals surface area contributed by atoms with E-state index in [0.717, 1.165) is 12.1 Å². The fraction of sp³-hybridized carbons (Fsp3) is 0.0769. The van der Waals surface area contributed by atoms with Gasteiger partial charge in [-0.3, -0.25) is 0 Å². The third kappa shape index (κ3) is 2.18. The lowest BCUT2D eigenvalue weighted by Crippen LogP contribution is -2.05. The lowest BCUT2D eigenvalue weighted by molar-refractivity contribution is -0.137. The normalized spacial score (nSPS) is 12.0. The van der Waals surface area contributed by atoms with Crippen molar-refractivity contribution in [2.45, 2.75) is 6.18 Å². The first-order chi connectivity index (χ1) is 9.47. The number of rotatable bonds is 1. The van der Waals surface area contributed by atoms with Crippen LogP contribution in [0.4, 0.5) is 13.2 Å². The van der Waals surface area contributed by atoms with Gasteiger partial charge in [0.25, 0.3) is 0 Å². The molecule has 0 aliphatic heterocycles. The van der Waals surface area contributed by atoms with Crippen LogP contribution in [-0.2, 0) is 6.18 Å². The van der Waals surface area contributed by atoms with Crippen molar-refractivity contribution in [2.24, 2.45) is 0 Å². The highest BCUT2D eigenvalue weighted by Gasteiger charge is 2.30. The molecular weight excluding hydrogens is 335 g/mol. The Morgan fingerprint density at radius 3 is 2.70 bits per heavy atom. The Balaban J connectivity index is 2.21. The van der Waals surface area contributed by atoms with Gasteiger partial charge in [-0.1, -0.05) is 12.1 Å². The smallest absolute Gasteiger partial charge is 0.236 e. The Morgan fingerprint density at radius 2 is 1.95 bits per heavy atom. The van der Waals surface area contributed by atoms with Crippen LogP contribution in [0.25, 0.3) is 16.9 Å². The Morgan fingerprint density at radius 1 is 1.15 bits per heavy atom. The summed E-state index contributed by atoms with van der Waals surface area (Å²) in [6.07, 6.45) is -1.27. The number of benzene rings is 1. The second-order valence-corrected chi connectivity index (χ2v) is 4.99. The quantitative estimate of drug-likeness (QED) is 0.664. The second-order valence-electron chi connectivity index (χ2n) is 4.14. The minimum atomic E-state index is -4.37. The van der Waals surface area contributed by atoms with Crippen molar-refractivity contribution in [2.75, 3.05) is 0 Å². The highest BCUT2D eigenvalue weighted by molar-refractivity contribution is 9.10. The fourth-order valence-corrected chi connectivity index (χ4v) is 2.30. The molecule has 3 nitrogen and oxygen atoms in total. The van der Waals surface area contributed by atoms with Crippen LogP contribution in [0.5, 0.6) is 0 Å². The Bertz CT molecular complexity index is 780. The number of nitrogens with zero attached hydrogens (tertiary/aromatic N) is 3. The number of hydrogen-bond donors (Lipinski definition) is 0. The van der Waals surface area contributed by atoms with E-state index in [1.54, 1.807) is 18.3 Å². The molecule has 0 radical (unpaired) electrons. The Hall–Kier alpha value is -1.89. The number of hydrogen-bond acceptors (Lipinski definition) is 2. The van der Waals surface area contributed by atoms with E-state index in [9.17, 15) is 13.2 Å². The summed E-state index contributed by atoms with van der Waals surface area (Å²) in [7, 11) is 0. The summed E-state index contributed by atoms with van der Waals surface area (Å²) in [4.78, 5) is 4.13. The molecule has 0 spiro atoms. The molecule has 2 aromatic heterocycles. The largest absolute Gasteiger partial charge is 0.416 e. The molecule has 0 aliphatic carbocycles. The van der Waals surface area contributed by atoms with E-state index < -0.39 is 11.7 Å². The van der Waals surface area contributed by atoms with E-state index in [4.69, 9.17) is 0 Å². The standard InChI is InChI=1S/C13H7BrF3N3/c14-10-7-19-20-11(4-5-18-12(10)20)8-2-1-3-9(6-8)13(15,16)17/h1-7H. The highest BCUT2D eigenvalue weighted by Crippen LogP contribution is 2.32. The van der Waals surface area contributed by atoms with Crippen LogP contribution in [-0.4, -0.2) is 14.6 Å². The third-order valence-corrected chi connectivity index (χ3v) is 3.40. The van der Waals surface area contributed by atoms with E-state index in [-0.39, 0.29) is 0 Å². The molecule has 3 rings (SSSR count). The van der Waals surface area contributed by atoms with E-state index in [0.29, 0.717) is 21.4 Å². The molecule has 0 amide bonds. The maximum absolute atomic E-state index is 12.8. The monoisotopic (exact) mass is 341 g/mol. The molecule has 0 atom stereocenters. The van der Waals surface area contributed by atoms with Crippen molar-refractivity contribution in [1.82, 2.24) is 14.6 Å². The summed E-state index contributed by atoms with van der Waals surface area (Å²) in [5.74, 6) is 0. The molecule has 0 aliphatic rings. The zero-order valence-electron chi connectivity index (χ0n) is 9.89. The first-order valence-electron chi connectivity index (χ1n) is 5.63. The van der Waals surface area contributed by atoms with Crippen LogP contribution in [0, 0.1) is 0 Å². The highest BCUT2D eigenvalue weighted by atomic mass is 79.9. The van der Waals surface area contributed by atoms with Crippen LogP contribution in [0.3, 0.4) is 0 Å². The van der Waals surface area contributed by atoms with Gasteiger partial charge in [0.15, 0.2) is 5.65 Å². The van der Waals surface area contributed by atoms with Gasteiger partial charge in [-0.15, -0.1) is 0 Å². The molecule has 0 saturated carbocycles. The predicted octanol–water partition coefficient (Wildman–Crippen LogP) is 4.18. The summed E-state index contributed by atoms with van der Waals surface area (Å²) in [6, 6.07) is 6.76. The van der Waals surface area contributed by atoms with E-state index in [1.165, 1.54) is 16.8 Å². The van der Waals surface area contributed by atoms with Crippen LogP contribution >= 0.6 is 15.9 Å². The minimum Gasteiger partial charge on any atom is -0.236 e. The van der Waals surface area contributed by atoms with Crippen molar-refractivity contribution in [3.8, 4) is 11.3 Å². The molecule has 102 valence electrons. The van der Waals surface area contributed by atoms with Gasteiger partial charge in [-0.2, -0.15) is 18.3 Å². The molecule has 7 heteroatoms. The second kappa shape index (κ2) is 4.59. The summed E-state index contributed by atoms with van der Waals surface area (Å²) >= 11 is 3.29. The molecular formula is C13H7BrF3N3. The predicted molar refractivity (Wildman–Crippen MR) is 71.1 cm³/mol. The van der Waals surface area contributed by atoms with Gasteiger partial charge in [-0.05, 0) is 34.1 Å². The number of aromatic nitrogens is 3. The van der Waals surface area contributed by atoms with E-state index in [1.807, 2.05) is 0 Å². The average Bonchev–Trinajstić information content (AvgIpc) is 2.80. The van der Waals surface area contributed by atoms with Crippen molar-refractivity contribution in [3.05, 3.63) is 52.8 Å². The first-order valence-corrected chi connectivity index (χ1v) is 6.42. The van der Waals surface area contributed by atoms with Gasteiger partial charge >= 0.3 is 6.18 Å². The van der Waals surface area contributed by atoms with Gasteiger partial charge in [-0.25, -0.2) is 9.50 Å². The topological polar surface area (TPSA) is 30.2 Å². The van der Waals surface area contributed by atoms with Gasteiger partial charge in [0.05, 0.1) is 21.9 Å². The molecule has 0 fully saturated rings. The zero-order chi connectivity index (χ0) is 14.3. The molecule has 2 heterocycles. The lowest BCUT2D eigenvalue weighted by Gasteiger charge is -2.09. The molecule has 20 heavy (non-hydrogen) atoms. The maximum Gasteiger partial charge on any atom is 0.416 e. The lowest BCUT2D eigenvalue weighted by atomic mass is 10.1. The maximum atomic E-state index is 12.8. The van der Waals surface area contributed by atoms with E-state index >= 15 is 0 Å². The summed E-state index contributed by atoms with van der Waals surface area (Å²) in [6.45, 7) is 0. The summed E-state index contributed by atoms with van der Waals surface area (Å²) < 4.78 is 40.5. The van der Waals surface area contributed by atoms with Crippen LogP contribution in [0.1, 0.15) is 5.56 Å². The van der Waals surface area contributed by atoms with Gasteiger partial charge in [0.2, 0.25) is 0 Å². The Kier molecular flexibility index (Phi) is 3.01. The van der Waals surface area contributed by atoms with Crippen LogP contribution in [0.2, 0.25) is 0 Å². The average molecular weight is 342 g/mol. The zero-order valence-corrected chi connectivity index (χ0v) is 11.5. The SMILES string of the molecule is FC(F)(F)c1cccc(-c2ccnc3c(Br)cnn23)c1. The van der Waals surface area contributed by atoms with Crippen LogP contribution in [0.15, 0.2) is 47.2 Å². The van der Waals surface area contributed by atoms with Crippen molar-refractivity contribution in [3.63, 3.8) is 0 Å². The summed E-state index contributed by atoms with van der Waals surface area (Å²) in [5, 5.41) is 4.11.